The number of hydrogen-bond donors (Lipinski definition) is 3. The van der Waals surface area contributed by atoms with Crippen molar-refractivity contribution in [3.05, 3.63) is 57.5 Å². The Morgan fingerprint density at radius 2 is 1.72 bits per heavy atom. The van der Waals surface area contributed by atoms with E-state index < -0.39 is 15.9 Å². The van der Waals surface area contributed by atoms with Gasteiger partial charge in [-0.05, 0) is 42.5 Å². The summed E-state index contributed by atoms with van der Waals surface area (Å²) in [6.07, 6.45) is -1.16. The highest BCUT2D eigenvalue weighted by atomic mass is 35.6. The van der Waals surface area contributed by atoms with Gasteiger partial charge in [0.2, 0.25) is 3.79 Å². The van der Waals surface area contributed by atoms with E-state index in [9.17, 15) is 4.79 Å². The summed E-state index contributed by atoms with van der Waals surface area (Å²) in [6.45, 7) is -0.384. The molecule has 29 heavy (non-hydrogen) atoms. The fourth-order valence-electron chi connectivity index (χ4n) is 1.99. The molecule has 1 atom stereocenters. The van der Waals surface area contributed by atoms with E-state index in [0.29, 0.717) is 15.7 Å². The number of alkyl halides is 3. The lowest BCUT2D eigenvalue weighted by molar-refractivity contribution is -0.123. The smallest absolute Gasteiger partial charge is 0.259 e. The summed E-state index contributed by atoms with van der Waals surface area (Å²) in [4.78, 5) is 12.2. The number of nitrogens with one attached hydrogen (secondary N) is 3. The molecule has 2 rings (SSSR count). The average molecular weight is 536 g/mol. The first kappa shape index (κ1) is 24.4. The van der Waals surface area contributed by atoms with E-state index in [1.165, 1.54) is 12.1 Å². The van der Waals surface area contributed by atoms with Gasteiger partial charge in [0.15, 0.2) is 11.7 Å². The van der Waals surface area contributed by atoms with Crippen LogP contribution in [0.3, 0.4) is 0 Å². The van der Waals surface area contributed by atoms with E-state index in [4.69, 9.17) is 86.6 Å². The third-order valence-electron chi connectivity index (χ3n) is 3.28. The molecule has 0 aliphatic heterocycles. The average Bonchev–Trinajstić information content (AvgIpc) is 2.61. The molecule has 0 saturated carbocycles. The monoisotopic (exact) mass is 533 g/mol. The maximum Gasteiger partial charge on any atom is 0.259 e. The Balaban J connectivity index is 1.96. The van der Waals surface area contributed by atoms with Crippen molar-refractivity contribution in [3.8, 4) is 5.75 Å². The number of hydrogen-bond acceptors (Lipinski definition) is 3. The summed E-state index contributed by atoms with van der Waals surface area (Å²) in [5.74, 6) is -0.305. The van der Waals surface area contributed by atoms with Crippen LogP contribution in [0.4, 0.5) is 5.69 Å². The molecule has 0 heterocycles. The predicted octanol–water partition coefficient (Wildman–Crippen LogP) is 5.82. The Labute approximate surface area is 202 Å². The minimum absolute atomic E-state index is 0.0800. The van der Waals surface area contributed by atoms with E-state index in [1.54, 1.807) is 30.3 Å². The molecule has 0 aliphatic rings. The van der Waals surface area contributed by atoms with Crippen LogP contribution < -0.4 is 20.7 Å². The van der Waals surface area contributed by atoms with Crippen LogP contribution in [0, 0.1) is 0 Å². The van der Waals surface area contributed by atoms with Crippen LogP contribution in [0.5, 0.6) is 5.75 Å². The quantitative estimate of drug-likeness (QED) is 0.247. The van der Waals surface area contributed by atoms with Gasteiger partial charge in [-0.25, -0.2) is 0 Å². The molecule has 156 valence electrons. The molecule has 0 bridgehead atoms. The molecular weight excluding hydrogens is 523 g/mol. The normalized spacial score (nSPS) is 12.1. The number of benzene rings is 2. The molecule has 0 fully saturated rings. The third kappa shape index (κ3) is 8.06. The van der Waals surface area contributed by atoms with Crippen molar-refractivity contribution in [1.29, 1.82) is 0 Å². The molecule has 1 unspecified atom stereocenters. The summed E-state index contributed by atoms with van der Waals surface area (Å²) in [7, 11) is 0. The van der Waals surface area contributed by atoms with Crippen LogP contribution in [-0.4, -0.2) is 27.6 Å². The van der Waals surface area contributed by atoms with Gasteiger partial charge in [-0.3, -0.25) is 4.79 Å². The van der Waals surface area contributed by atoms with Crippen LogP contribution >= 0.6 is 81.8 Å². The van der Waals surface area contributed by atoms with Crippen LogP contribution in [0.1, 0.15) is 0 Å². The maximum atomic E-state index is 12.2. The number of halogens is 6. The maximum absolute atomic E-state index is 12.2. The molecule has 0 saturated heterocycles. The molecule has 5 nitrogen and oxygen atoms in total. The summed E-state index contributed by atoms with van der Waals surface area (Å²) in [5, 5.41) is 9.28. The summed E-state index contributed by atoms with van der Waals surface area (Å²) >= 11 is 40.9. The van der Waals surface area contributed by atoms with Gasteiger partial charge in [0.1, 0.15) is 11.9 Å². The minimum Gasteiger partial charge on any atom is -0.482 e. The number of para-hydroxylation sites is 1. The highest BCUT2D eigenvalue weighted by molar-refractivity contribution is 7.80. The van der Waals surface area contributed by atoms with Gasteiger partial charge in [0.05, 0.1) is 15.7 Å². The second-order valence-electron chi connectivity index (χ2n) is 5.48. The molecular formula is C17H13Cl6N3O2S. The number of amides is 1. The van der Waals surface area contributed by atoms with Gasteiger partial charge in [0.25, 0.3) is 5.91 Å². The van der Waals surface area contributed by atoms with Crippen molar-refractivity contribution in [3.63, 3.8) is 0 Å². The standard InChI is InChI=1S/C17H13Cl6N3O2S/c18-9-5-6-13(11(20)7-9)28-8-14(27)25-15(17(21,22)23)26-16(29)24-12-4-2-1-3-10(12)19/h1-7,15H,8H2,(H,25,27)(H2,24,26,29). The highest BCUT2D eigenvalue weighted by Crippen LogP contribution is 2.30. The number of ether oxygens (including phenoxy) is 1. The van der Waals surface area contributed by atoms with Gasteiger partial charge < -0.3 is 20.7 Å². The number of carbonyl (C=O) groups is 1. The fourth-order valence-corrected chi connectivity index (χ4v) is 3.19. The van der Waals surface area contributed by atoms with Crippen molar-refractivity contribution in [1.82, 2.24) is 10.6 Å². The van der Waals surface area contributed by atoms with Crippen molar-refractivity contribution in [2.24, 2.45) is 0 Å². The molecule has 2 aromatic rings. The van der Waals surface area contributed by atoms with Crippen molar-refractivity contribution >= 4 is 98.5 Å². The van der Waals surface area contributed by atoms with Crippen molar-refractivity contribution in [2.75, 3.05) is 11.9 Å². The highest BCUT2D eigenvalue weighted by Gasteiger charge is 2.34. The lowest BCUT2D eigenvalue weighted by Crippen LogP contribution is -2.57. The Kier molecular flexibility index (Phi) is 9.22. The third-order valence-corrected chi connectivity index (χ3v) is 5.02. The van der Waals surface area contributed by atoms with Crippen LogP contribution in [-0.2, 0) is 4.79 Å². The van der Waals surface area contributed by atoms with Crippen molar-refractivity contribution in [2.45, 2.75) is 9.96 Å². The summed E-state index contributed by atoms with van der Waals surface area (Å²) in [5.41, 5.74) is 0.543. The van der Waals surface area contributed by atoms with E-state index in [0.717, 1.165) is 0 Å². The molecule has 1 amide bonds. The van der Waals surface area contributed by atoms with E-state index in [-0.39, 0.29) is 22.5 Å². The molecule has 2 aromatic carbocycles. The Bertz CT molecular complexity index is 894. The molecule has 0 aromatic heterocycles. The first-order chi connectivity index (χ1) is 13.6. The van der Waals surface area contributed by atoms with Crippen molar-refractivity contribution < 1.29 is 9.53 Å². The second kappa shape index (κ2) is 11.0. The van der Waals surface area contributed by atoms with Crippen LogP contribution in [0.15, 0.2) is 42.5 Å². The number of rotatable bonds is 6. The Morgan fingerprint density at radius 1 is 1.03 bits per heavy atom. The zero-order valence-electron chi connectivity index (χ0n) is 14.3. The van der Waals surface area contributed by atoms with Gasteiger partial charge in [0, 0.05) is 5.02 Å². The van der Waals surface area contributed by atoms with Gasteiger partial charge in [-0.15, -0.1) is 0 Å². The van der Waals surface area contributed by atoms with E-state index >= 15 is 0 Å². The van der Waals surface area contributed by atoms with Crippen LogP contribution in [0.2, 0.25) is 15.1 Å². The zero-order valence-corrected chi connectivity index (χ0v) is 19.7. The largest absolute Gasteiger partial charge is 0.482 e. The summed E-state index contributed by atoms with van der Waals surface area (Å²) in [6, 6.07) is 11.5. The van der Waals surface area contributed by atoms with Gasteiger partial charge >= 0.3 is 0 Å². The van der Waals surface area contributed by atoms with E-state index in [2.05, 4.69) is 16.0 Å². The Hall–Kier alpha value is -0.860. The summed E-state index contributed by atoms with van der Waals surface area (Å²) < 4.78 is 3.44. The fraction of sp³-hybridized carbons (Fsp3) is 0.176. The van der Waals surface area contributed by atoms with Gasteiger partial charge in [-0.2, -0.15) is 0 Å². The minimum atomic E-state index is -1.92. The SMILES string of the molecule is O=C(COc1ccc(Cl)cc1Cl)NC(NC(=S)Nc1ccccc1Cl)C(Cl)(Cl)Cl. The molecule has 0 spiro atoms. The lowest BCUT2D eigenvalue weighted by Gasteiger charge is -2.27. The number of anilines is 1. The molecule has 0 aliphatic carbocycles. The molecule has 3 N–H and O–H groups in total. The molecule has 0 radical (unpaired) electrons. The number of thiocarbonyl (C=S) groups is 1. The molecule has 12 heteroatoms. The first-order valence-electron chi connectivity index (χ1n) is 7.82. The topological polar surface area (TPSA) is 62.4 Å². The first-order valence-corrected chi connectivity index (χ1v) is 10.5. The van der Waals surface area contributed by atoms with E-state index in [1.807, 2.05) is 0 Å². The predicted molar refractivity (Wildman–Crippen MR) is 125 cm³/mol. The second-order valence-corrected chi connectivity index (χ2v) is 9.51. The van der Waals surface area contributed by atoms with Gasteiger partial charge in [-0.1, -0.05) is 81.7 Å². The lowest BCUT2D eigenvalue weighted by atomic mass is 10.3. The zero-order chi connectivity index (χ0) is 21.6. The number of carbonyl (C=O) groups excluding carboxylic acids is 1. The van der Waals surface area contributed by atoms with Crippen LogP contribution in [0.25, 0.3) is 0 Å². The Morgan fingerprint density at radius 3 is 2.34 bits per heavy atom.